The Hall–Kier alpha value is -3.61. The minimum atomic E-state index is -1.16. The van der Waals surface area contributed by atoms with Crippen molar-refractivity contribution in [2.45, 2.75) is 0 Å². The van der Waals surface area contributed by atoms with Gasteiger partial charge in [0.15, 0.2) is 5.65 Å². The van der Waals surface area contributed by atoms with Gasteiger partial charge < -0.3 is 5.11 Å². The number of aromatic nitrogens is 3. The van der Waals surface area contributed by atoms with Crippen molar-refractivity contribution in [1.29, 1.82) is 0 Å². The summed E-state index contributed by atoms with van der Waals surface area (Å²) in [6.45, 7) is 0. The van der Waals surface area contributed by atoms with Gasteiger partial charge in [0.2, 0.25) is 0 Å². The Kier molecular flexibility index (Phi) is 3.69. The number of carboxylic acids is 1. The van der Waals surface area contributed by atoms with Crippen LogP contribution in [0.5, 0.6) is 0 Å². The summed E-state index contributed by atoms with van der Waals surface area (Å²) in [7, 11) is 0. The molecule has 128 valence electrons. The minimum absolute atomic E-state index is 0.0580. The van der Waals surface area contributed by atoms with Crippen LogP contribution in [0.15, 0.2) is 60.8 Å². The maximum absolute atomic E-state index is 13.3. The minimum Gasteiger partial charge on any atom is -0.477 e. The fourth-order valence-electron chi connectivity index (χ4n) is 2.71. The molecule has 0 unspecified atom stereocenters. The summed E-state index contributed by atoms with van der Waals surface area (Å²) >= 11 is 0. The molecule has 0 fully saturated rings. The monoisotopic (exact) mass is 351 g/mol. The number of hydrogen-bond donors (Lipinski definition) is 1. The number of hydrogen-bond acceptors (Lipinski definition) is 3. The third-order valence-corrected chi connectivity index (χ3v) is 3.98. The molecule has 26 heavy (non-hydrogen) atoms. The fourth-order valence-corrected chi connectivity index (χ4v) is 2.71. The first-order valence-corrected chi connectivity index (χ1v) is 7.67. The van der Waals surface area contributed by atoms with E-state index in [1.165, 1.54) is 35.0 Å². The first kappa shape index (κ1) is 15.9. The van der Waals surface area contributed by atoms with E-state index in [0.29, 0.717) is 22.5 Å². The highest BCUT2D eigenvalue weighted by atomic mass is 19.1. The van der Waals surface area contributed by atoms with Crippen molar-refractivity contribution in [3.63, 3.8) is 0 Å². The van der Waals surface area contributed by atoms with Crippen molar-refractivity contribution in [1.82, 2.24) is 14.6 Å². The topological polar surface area (TPSA) is 67.5 Å². The first-order chi connectivity index (χ1) is 12.5. The van der Waals surface area contributed by atoms with E-state index in [9.17, 15) is 18.7 Å². The molecule has 1 N–H and O–H groups in total. The normalized spacial score (nSPS) is 11.0. The van der Waals surface area contributed by atoms with Crippen LogP contribution in [0.25, 0.3) is 28.2 Å². The number of aromatic carboxylic acids is 1. The molecule has 0 aliphatic rings. The maximum Gasteiger partial charge on any atom is 0.341 e. The Balaban J connectivity index is 2.01. The van der Waals surface area contributed by atoms with Gasteiger partial charge in [-0.1, -0.05) is 0 Å². The lowest BCUT2D eigenvalue weighted by Gasteiger charge is -2.09. The van der Waals surface area contributed by atoms with Crippen molar-refractivity contribution in [3.05, 3.63) is 78.0 Å². The second-order valence-corrected chi connectivity index (χ2v) is 5.64. The molecule has 0 atom stereocenters. The molecule has 0 amide bonds. The van der Waals surface area contributed by atoms with Crippen LogP contribution in [0.2, 0.25) is 0 Å². The molecule has 2 heterocycles. The quantitative estimate of drug-likeness (QED) is 0.605. The number of halogens is 2. The Bertz CT molecular complexity index is 1120. The summed E-state index contributed by atoms with van der Waals surface area (Å²) < 4.78 is 27.9. The third-order valence-electron chi connectivity index (χ3n) is 3.98. The van der Waals surface area contributed by atoms with Gasteiger partial charge >= 0.3 is 5.97 Å². The fraction of sp³-hybridized carbons (Fsp3) is 0. The highest BCUT2D eigenvalue weighted by Gasteiger charge is 2.18. The Morgan fingerprint density at radius 2 is 1.50 bits per heavy atom. The van der Waals surface area contributed by atoms with E-state index in [1.807, 2.05) is 0 Å². The maximum atomic E-state index is 13.3. The summed E-state index contributed by atoms with van der Waals surface area (Å²) in [5.41, 5.74) is 2.36. The average Bonchev–Trinajstić information content (AvgIpc) is 3.06. The Morgan fingerprint density at radius 1 is 0.923 bits per heavy atom. The number of benzene rings is 2. The summed E-state index contributed by atoms with van der Waals surface area (Å²) in [4.78, 5) is 15.9. The molecule has 0 spiro atoms. The van der Waals surface area contributed by atoms with Gasteiger partial charge in [0.25, 0.3) is 0 Å². The van der Waals surface area contributed by atoms with Crippen LogP contribution in [0, 0.1) is 11.6 Å². The van der Waals surface area contributed by atoms with Gasteiger partial charge in [-0.05, 0) is 54.6 Å². The Morgan fingerprint density at radius 3 is 2.08 bits per heavy atom. The summed E-state index contributed by atoms with van der Waals surface area (Å²) in [5.74, 6) is -1.93. The molecule has 0 saturated heterocycles. The van der Waals surface area contributed by atoms with E-state index < -0.39 is 5.97 Å². The predicted octanol–water partition coefficient (Wildman–Crippen LogP) is 4.04. The Labute approximate surface area is 146 Å². The van der Waals surface area contributed by atoms with E-state index in [-0.39, 0.29) is 22.8 Å². The third kappa shape index (κ3) is 2.69. The zero-order chi connectivity index (χ0) is 18.3. The van der Waals surface area contributed by atoms with E-state index >= 15 is 0 Å². The van der Waals surface area contributed by atoms with Crippen LogP contribution in [-0.4, -0.2) is 25.7 Å². The van der Waals surface area contributed by atoms with Crippen LogP contribution in [0.3, 0.4) is 0 Å². The lowest BCUT2D eigenvalue weighted by Crippen LogP contribution is -2.02. The molecule has 0 aliphatic carbocycles. The van der Waals surface area contributed by atoms with Gasteiger partial charge in [0.05, 0.1) is 17.6 Å². The molecule has 4 rings (SSSR count). The standard InChI is InChI=1S/C19H11F2N3O2/c20-13-5-1-11(2-6-13)16-9-17(12-3-7-14(21)8-4-12)24-18(23-16)15(10-22-24)19(25)26/h1-10H,(H,25,26). The second-order valence-electron chi connectivity index (χ2n) is 5.64. The van der Waals surface area contributed by atoms with Crippen molar-refractivity contribution < 1.29 is 18.7 Å². The van der Waals surface area contributed by atoms with Gasteiger partial charge in [0.1, 0.15) is 17.2 Å². The first-order valence-electron chi connectivity index (χ1n) is 7.67. The lowest BCUT2D eigenvalue weighted by atomic mass is 10.1. The van der Waals surface area contributed by atoms with Crippen LogP contribution >= 0.6 is 0 Å². The van der Waals surface area contributed by atoms with E-state index in [1.54, 1.807) is 30.3 Å². The summed E-state index contributed by atoms with van der Waals surface area (Å²) in [6.07, 6.45) is 1.21. The molecular formula is C19H11F2N3O2. The molecule has 0 bridgehead atoms. The SMILES string of the molecule is O=C(O)c1cnn2c(-c3ccc(F)cc3)cc(-c3ccc(F)cc3)nc12. The number of carboxylic acid groups (broad SMARTS) is 1. The summed E-state index contributed by atoms with van der Waals surface area (Å²) in [5, 5.41) is 13.5. The van der Waals surface area contributed by atoms with E-state index in [2.05, 4.69) is 10.1 Å². The number of carbonyl (C=O) groups is 1. The van der Waals surface area contributed by atoms with Crippen LogP contribution in [0.1, 0.15) is 10.4 Å². The highest BCUT2D eigenvalue weighted by Crippen LogP contribution is 2.27. The lowest BCUT2D eigenvalue weighted by molar-refractivity contribution is 0.0699. The molecular weight excluding hydrogens is 340 g/mol. The highest BCUT2D eigenvalue weighted by molar-refractivity contribution is 5.95. The number of nitrogens with zero attached hydrogens (tertiary/aromatic N) is 3. The van der Waals surface area contributed by atoms with Crippen molar-refractivity contribution >= 4 is 11.6 Å². The van der Waals surface area contributed by atoms with Crippen molar-refractivity contribution in [2.24, 2.45) is 0 Å². The van der Waals surface area contributed by atoms with E-state index in [4.69, 9.17) is 0 Å². The predicted molar refractivity (Wildman–Crippen MR) is 90.7 cm³/mol. The van der Waals surface area contributed by atoms with Gasteiger partial charge in [-0.2, -0.15) is 5.10 Å². The molecule has 4 aromatic rings. The largest absolute Gasteiger partial charge is 0.477 e. The van der Waals surface area contributed by atoms with Gasteiger partial charge in [0, 0.05) is 11.1 Å². The van der Waals surface area contributed by atoms with Crippen LogP contribution in [-0.2, 0) is 0 Å². The number of fused-ring (bicyclic) bond motifs is 1. The molecule has 0 saturated carbocycles. The molecule has 5 nitrogen and oxygen atoms in total. The van der Waals surface area contributed by atoms with Gasteiger partial charge in [-0.15, -0.1) is 0 Å². The second kappa shape index (κ2) is 6.03. The molecule has 0 aliphatic heterocycles. The zero-order valence-electron chi connectivity index (χ0n) is 13.2. The van der Waals surface area contributed by atoms with Crippen molar-refractivity contribution in [2.75, 3.05) is 0 Å². The van der Waals surface area contributed by atoms with Crippen LogP contribution in [0.4, 0.5) is 8.78 Å². The van der Waals surface area contributed by atoms with Gasteiger partial charge in [-0.25, -0.2) is 23.1 Å². The summed E-state index contributed by atoms with van der Waals surface area (Å²) in [6, 6.07) is 13.2. The average molecular weight is 351 g/mol. The van der Waals surface area contributed by atoms with Gasteiger partial charge in [-0.3, -0.25) is 0 Å². The molecule has 2 aromatic heterocycles. The van der Waals surface area contributed by atoms with E-state index in [0.717, 1.165) is 0 Å². The van der Waals surface area contributed by atoms with Crippen molar-refractivity contribution in [3.8, 4) is 22.5 Å². The molecule has 7 heteroatoms. The smallest absolute Gasteiger partial charge is 0.341 e. The molecule has 0 radical (unpaired) electrons. The zero-order valence-corrected chi connectivity index (χ0v) is 13.2. The van der Waals surface area contributed by atoms with Crippen LogP contribution < -0.4 is 0 Å². The number of rotatable bonds is 3. The molecule has 2 aromatic carbocycles.